The maximum Gasteiger partial charge on any atom is 0.268 e. The molecule has 0 rings (SSSR count). The first kappa shape index (κ1) is 78.9. The summed E-state index contributed by atoms with van der Waals surface area (Å²) < 4.78 is 23.4. The third-order valence-corrected chi connectivity index (χ3v) is 16.6. The smallest absolute Gasteiger partial charge is 0.268 e. The minimum Gasteiger partial charge on any atom is -0.756 e. The Morgan fingerprint density at radius 1 is 0.432 bits per heavy atom. The monoisotopic (exact) mass is 1160 g/mol. The summed E-state index contributed by atoms with van der Waals surface area (Å²) in [5.41, 5.74) is 0. The fourth-order valence-electron chi connectivity index (χ4n) is 10.2. The normalized spacial score (nSPS) is 14.1. The molecule has 0 aliphatic heterocycles. The number of phosphoric acid groups is 1. The number of aliphatic hydroxyl groups excluding tert-OH is 1. The van der Waals surface area contributed by atoms with E-state index in [2.05, 4.69) is 79.9 Å². The van der Waals surface area contributed by atoms with Gasteiger partial charge in [-0.05, 0) is 83.5 Å². The molecule has 0 aliphatic carbocycles. The van der Waals surface area contributed by atoms with Crippen molar-refractivity contribution in [2.75, 3.05) is 40.9 Å². The van der Waals surface area contributed by atoms with E-state index in [0.717, 1.165) is 57.8 Å². The van der Waals surface area contributed by atoms with Crippen molar-refractivity contribution in [1.29, 1.82) is 0 Å². The second-order valence-corrected chi connectivity index (χ2v) is 26.3. The third kappa shape index (κ3) is 65.3. The van der Waals surface area contributed by atoms with Crippen molar-refractivity contribution in [2.24, 2.45) is 0 Å². The van der Waals surface area contributed by atoms with Gasteiger partial charge in [0.05, 0.1) is 39.9 Å². The summed E-state index contributed by atoms with van der Waals surface area (Å²) in [5.74, 6) is -0.207. The van der Waals surface area contributed by atoms with Gasteiger partial charge in [0.2, 0.25) is 5.91 Å². The van der Waals surface area contributed by atoms with Gasteiger partial charge in [-0.15, -0.1) is 0 Å². The summed E-state index contributed by atoms with van der Waals surface area (Å²) in [6, 6.07) is -0.912. The van der Waals surface area contributed by atoms with Gasteiger partial charge in [-0.25, -0.2) is 0 Å². The molecule has 1 amide bonds. The number of hydrogen-bond donors (Lipinski definition) is 2. The van der Waals surface area contributed by atoms with Crippen LogP contribution in [0.25, 0.3) is 0 Å². The maximum absolute atomic E-state index is 13.0. The highest BCUT2D eigenvalue weighted by Crippen LogP contribution is 2.38. The van der Waals surface area contributed by atoms with E-state index in [1.54, 1.807) is 6.08 Å². The lowest BCUT2D eigenvalue weighted by Crippen LogP contribution is -2.45. The number of allylic oxidation sites excluding steroid dienone is 11. The van der Waals surface area contributed by atoms with Crippen LogP contribution in [0.1, 0.15) is 328 Å². The lowest BCUT2D eigenvalue weighted by Gasteiger charge is -2.29. The number of hydrogen-bond acceptors (Lipinski definition) is 6. The van der Waals surface area contributed by atoms with Gasteiger partial charge in [0, 0.05) is 6.42 Å². The van der Waals surface area contributed by atoms with Gasteiger partial charge in [0.1, 0.15) is 13.2 Å². The number of carbonyl (C=O) groups is 1. The van der Waals surface area contributed by atoms with E-state index in [1.807, 2.05) is 27.2 Å². The molecule has 0 aliphatic rings. The predicted molar refractivity (Wildman–Crippen MR) is 353 cm³/mol. The molecule has 2 N–H and O–H groups in total. The van der Waals surface area contributed by atoms with Crippen molar-refractivity contribution in [3.8, 4) is 0 Å². The zero-order valence-corrected chi connectivity index (χ0v) is 55.1. The van der Waals surface area contributed by atoms with Crippen molar-refractivity contribution >= 4 is 13.7 Å². The van der Waals surface area contributed by atoms with Gasteiger partial charge in [-0.1, -0.05) is 311 Å². The van der Waals surface area contributed by atoms with Crippen molar-refractivity contribution in [3.05, 3.63) is 72.9 Å². The SMILES string of the molecule is CCCCCCC/C=C\C/C=C\C/C=C\CCCCCCCCCCCCCCCCCCCCCCCCCCC(=O)NC(COP(=O)([O-])OCC[N+](C)(C)C)C(O)/C=C/CC/C=C/CC/C=C/CCCCCCCCCCCC. The number of phosphoric ester groups is 1. The molecule has 0 aromatic heterocycles. The van der Waals surface area contributed by atoms with Gasteiger partial charge < -0.3 is 28.8 Å². The average molecular weight is 1160 g/mol. The highest BCUT2D eigenvalue weighted by molar-refractivity contribution is 7.45. The molecule has 474 valence electrons. The highest BCUT2D eigenvalue weighted by atomic mass is 31.2. The molecule has 0 saturated carbocycles. The number of amides is 1. The van der Waals surface area contributed by atoms with Gasteiger partial charge in [-0.2, -0.15) is 0 Å². The topological polar surface area (TPSA) is 108 Å². The Bertz CT molecular complexity index is 1550. The molecule has 3 atom stereocenters. The largest absolute Gasteiger partial charge is 0.756 e. The van der Waals surface area contributed by atoms with E-state index in [-0.39, 0.29) is 12.5 Å². The Morgan fingerprint density at radius 3 is 1.09 bits per heavy atom. The first-order chi connectivity index (χ1) is 39.5. The van der Waals surface area contributed by atoms with Crippen LogP contribution in [0.4, 0.5) is 0 Å². The van der Waals surface area contributed by atoms with Crippen LogP contribution < -0.4 is 10.2 Å². The van der Waals surface area contributed by atoms with Crippen LogP contribution in [0.3, 0.4) is 0 Å². The zero-order valence-electron chi connectivity index (χ0n) is 54.2. The van der Waals surface area contributed by atoms with Crippen molar-refractivity contribution < 1.29 is 32.9 Å². The molecule has 8 nitrogen and oxygen atoms in total. The quantitative estimate of drug-likeness (QED) is 0.0272. The van der Waals surface area contributed by atoms with Crippen LogP contribution in [-0.4, -0.2) is 68.5 Å². The first-order valence-corrected chi connectivity index (χ1v) is 36.3. The van der Waals surface area contributed by atoms with E-state index in [4.69, 9.17) is 9.05 Å². The van der Waals surface area contributed by atoms with Crippen LogP contribution in [0.15, 0.2) is 72.9 Å². The van der Waals surface area contributed by atoms with Gasteiger partial charge >= 0.3 is 0 Å². The number of likely N-dealkylation sites (N-methyl/N-ethyl adjacent to an activating group) is 1. The Balaban J connectivity index is 3.99. The lowest BCUT2D eigenvalue weighted by atomic mass is 10.0. The standard InChI is InChI=1S/C72H135N2O6P/c1-6-8-10-12-14-16-18-20-22-24-26-28-29-30-31-32-33-34-35-36-37-38-39-40-41-42-43-44-45-46-48-50-52-54-56-58-60-62-64-66-72(76)73-70(69-80-81(77,78)79-68-67-74(3,4)5)71(75)65-63-61-59-57-55-53-51-49-47-27-25-23-21-19-17-15-13-11-9-7-2/h18,20,24,26,29-30,47,49,55,57,63,65,70-71,75H,6-17,19,21-23,25,27-28,31-46,48,50-54,56,58-62,64,66-69H2,1-5H3,(H-,73,76,77,78)/b20-18-,26-24-,30-29-,49-47+,57-55+,65-63+. The van der Waals surface area contributed by atoms with E-state index in [9.17, 15) is 19.4 Å². The summed E-state index contributed by atoms with van der Waals surface area (Å²) in [7, 11) is 1.24. The molecule has 3 unspecified atom stereocenters. The number of nitrogens with one attached hydrogen (secondary N) is 1. The van der Waals surface area contributed by atoms with E-state index in [0.29, 0.717) is 17.4 Å². The zero-order chi connectivity index (χ0) is 59.1. The lowest BCUT2D eigenvalue weighted by molar-refractivity contribution is -0.870. The van der Waals surface area contributed by atoms with Crippen LogP contribution in [0.5, 0.6) is 0 Å². The number of rotatable bonds is 64. The Labute approximate surface area is 504 Å². The predicted octanol–water partition coefficient (Wildman–Crippen LogP) is 21.5. The van der Waals surface area contributed by atoms with Gasteiger partial charge in [0.25, 0.3) is 7.82 Å². The molecule has 0 heterocycles. The number of nitrogens with zero attached hydrogens (tertiary/aromatic N) is 1. The number of unbranched alkanes of at least 4 members (excludes halogenated alkanes) is 41. The summed E-state index contributed by atoms with van der Waals surface area (Å²) in [5, 5.41) is 13.9. The van der Waals surface area contributed by atoms with E-state index >= 15 is 0 Å². The van der Waals surface area contributed by atoms with Gasteiger partial charge in [-0.3, -0.25) is 9.36 Å². The summed E-state index contributed by atoms with van der Waals surface area (Å²) in [4.78, 5) is 25.6. The first-order valence-electron chi connectivity index (χ1n) is 34.8. The molecule has 81 heavy (non-hydrogen) atoms. The molecule has 0 aromatic rings. The second kappa shape index (κ2) is 62.5. The minimum atomic E-state index is -4.61. The number of carbonyl (C=O) groups excluding carboxylic acids is 1. The maximum atomic E-state index is 13.0. The molecule has 0 spiro atoms. The minimum absolute atomic E-state index is 0.00924. The number of aliphatic hydroxyl groups is 1. The fourth-order valence-corrected chi connectivity index (χ4v) is 10.9. The molecule has 0 saturated heterocycles. The molecule has 0 fully saturated rings. The molecule has 9 heteroatoms. The van der Waals surface area contributed by atoms with E-state index < -0.39 is 26.6 Å². The Hall–Kier alpha value is -2.06. The van der Waals surface area contributed by atoms with E-state index in [1.165, 1.54) is 250 Å². The average Bonchev–Trinajstić information content (AvgIpc) is 3.43. The van der Waals surface area contributed by atoms with Crippen molar-refractivity contribution in [3.63, 3.8) is 0 Å². The third-order valence-electron chi connectivity index (χ3n) is 15.6. The molecular weight excluding hydrogens is 1020 g/mol. The summed E-state index contributed by atoms with van der Waals surface area (Å²) >= 11 is 0. The van der Waals surface area contributed by atoms with Crippen LogP contribution in [0, 0.1) is 0 Å². The van der Waals surface area contributed by atoms with Crippen LogP contribution >= 0.6 is 7.82 Å². The molecule has 0 aromatic carbocycles. The summed E-state index contributed by atoms with van der Waals surface area (Å²) in [6.07, 6.45) is 87.5. The van der Waals surface area contributed by atoms with Crippen LogP contribution in [-0.2, 0) is 18.4 Å². The number of quaternary nitrogens is 1. The fraction of sp³-hybridized carbons (Fsp3) is 0.819. The van der Waals surface area contributed by atoms with Crippen molar-refractivity contribution in [1.82, 2.24) is 5.32 Å². The van der Waals surface area contributed by atoms with Crippen molar-refractivity contribution in [2.45, 2.75) is 341 Å². The van der Waals surface area contributed by atoms with Crippen LogP contribution in [0.2, 0.25) is 0 Å². The molecule has 0 radical (unpaired) electrons. The second-order valence-electron chi connectivity index (χ2n) is 24.9. The highest BCUT2D eigenvalue weighted by Gasteiger charge is 2.23. The molecule has 0 bridgehead atoms. The summed E-state index contributed by atoms with van der Waals surface area (Å²) in [6.45, 7) is 4.64. The molecular formula is C72H135N2O6P. The Morgan fingerprint density at radius 2 is 0.728 bits per heavy atom. The Kier molecular flexibility index (Phi) is 60.9. The van der Waals surface area contributed by atoms with Gasteiger partial charge in [0.15, 0.2) is 0 Å².